The Kier molecular flexibility index (Phi) is 6.45. The van der Waals surface area contributed by atoms with E-state index < -0.39 is 11.9 Å². The SMILES string of the molecule is CCOc1ncccc1CNC(=O)N(C)CC(C)C(=O)O. The molecule has 0 aliphatic rings. The number of nitrogens with one attached hydrogen (secondary N) is 1. The third kappa shape index (κ3) is 5.29. The summed E-state index contributed by atoms with van der Waals surface area (Å²) in [5, 5.41) is 11.5. The van der Waals surface area contributed by atoms with Crippen LogP contribution in [0.2, 0.25) is 0 Å². The van der Waals surface area contributed by atoms with Gasteiger partial charge in [-0.15, -0.1) is 0 Å². The number of rotatable bonds is 7. The monoisotopic (exact) mass is 295 g/mol. The molecule has 0 bridgehead atoms. The summed E-state index contributed by atoms with van der Waals surface area (Å²) in [6, 6.07) is 3.24. The lowest BCUT2D eigenvalue weighted by Gasteiger charge is -2.20. The van der Waals surface area contributed by atoms with Crippen LogP contribution in [0.5, 0.6) is 5.88 Å². The van der Waals surface area contributed by atoms with Gasteiger partial charge in [0.2, 0.25) is 5.88 Å². The van der Waals surface area contributed by atoms with Crippen molar-refractivity contribution in [1.82, 2.24) is 15.2 Å². The Balaban J connectivity index is 2.54. The van der Waals surface area contributed by atoms with Crippen molar-refractivity contribution >= 4 is 12.0 Å². The molecule has 0 aliphatic heterocycles. The van der Waals surface area contributed by atoms with Gasteiger partial charge in [-0.1, -0.05) is 13.0 Å². The molecule has 1 unspecified atom stereocenters. The molecule has 0 radical (unpaired) electrons. The fraction of sp³-hybridized carbons (Fsp3) is 0.500. The quantitative estimate of drug-likeness (QED) is 0.792. The molecule has 1 heterocycles. The Morgan fingerprint density at radius 3 is 2.86 bits per heavy atom. The topological polar surface area (TPSA) is 91.8 Å². The summed E-state index contributed by atoms with van der Waals surface area (Å²) < 4.78 is 5.37. The van der Waals surface area contributed by atoms with Gasteiger partial charge in [0.25, 0.3) is 0 Å². The maximum absolute atomic E-state index is 11.9. The maximum Gasteiger partial charge on any atom is 0.317 e. The van der Waals surface area contributed by atoms with Crippen LogP contribution in [0.15, 0.2) is 18.3 Å². The third-order valence-electron chi connectivity index (χ3n) is 2.88. The van der Waals surface area contributed by atoms with Gasteiger partial charge in [0.1, 0.15) is 0 Å². The Morgan fingerprint density at radius 1 is 1.52 bits per heavy atom. The molecule has 116 valence electrons. The fourth-order valence-corrected chi connectivity index (χ4v) is 1.70. The summed E-state index contributed by atoms with van der Waals surface area (Å²) in [7, 11) is 1.56. The third-order valence-corrected chi connectivity index (χ3v) is 2.88. The average molecular weight is 295 g/mol. The molecule has 7 nitrogen and oxygen atoms in total. The number of ether oxygens (including phenoxy) is 1. The fourth-order valence-electron chi connectivity index (χ4n) is 1.70. The van der Waals surface area contributed by atoms with Gasteiger partial charge in [0, 0.05) is 31.9 Å². The van der Waals surface area contributed by atoms with Crippen LogP contribution in [-0.4, -0.2) is 47.2 Å². The first kappa shape index (κ1) is 16.7. The molecule has 1 aromatic rings. The van der Waals surface area contributed by atoms with Gasteiger partial charge in [0.15, 0.2) is 0 Å². The van der Waals surface area contributed by atoms with Crippen LogP contribution in [0.4, 0.5) is 4.79 Å². The molecule has 0 spiro atoms. The van der Waals surface area contributed by atoms with E-state index in [9.17, 15) is 9.59 Å². The number of hydrogen-bond acceptors (Lipinski definition) is 4. The molecular weight excluding hydrogens is 274 g/mol. The van der Waals surface area contributed by atoms with E-state index in [2.05, 4.69) is 10.3 Å². The number of carboxylic acids is 1. The van der Waals surface area contributed by atoms with Gasteiger partial charge in [0.05, 0.1) is 12.5 Å². The van der Waals surface area contributed by atoms with Gasteiger partial charge >= 0.3 is 12.0 Å². The van der Waals surface area contributed by atoms with Crippen molar-refractivity contribution in [2.75, 3.05) is 20.2 Å². The van der Waals surface area contributed by atoms with Crippen LogP contribution in [0.1, 0.15) is 19.4 Å². The standard InChI is InChI=1S/C14H21N3O4/c1-4-21-12-11(6-5-7-15-12)8-16-14(20)17(3)9-10(2)13(18)19/h5-7,10H,4,8-9H2,1-3H3,(H,16,20)(H,18,19). The van der Waals surface area contributed by atoms with Crippen molar-refractivity contribution in [3.63, 3.8) is 0 Å². The number of pyridine rings is 1. The second-order valence-corrected chi connectivity index (χ2v) is 4.68. The van der Waals surface area contributed by atoms with Crippen LogP contribution in [-0.2, 0) is 11.3 Å². The zero-order chi connectivity index (χ0) is 15.8. The summed E-state index contributed by atoms with van der Waals surface area (Å²) in [5.74, 6) is -1.06. The molecule has 7 heteroatoms. The molecule has 21 heavy (non-hydrogen) atoms. The first-order valence-electron chi connectivity index (χ1n) is 6.74. The second kappa shape index (κ2) is 8.08. The van der Waals surface area contributed by atoms with Crippen molar-refractivity contribution in [2.24, 2.45) is 5.92 Å². The molecule has 0 aliphatic carbocycles. The number of aliphatic carboxylic acids is 1. The van der Waals surface area contributed by atoms with Gasteiger partial charge in [-0.05, 0) is 13.0 Å². The van der Waals surface area contributed by atoms with E-state index in [1.165, 1.54) is 4.90 Å². The van der Waals surface area contributed by atoms with E-state index in [4.69, 9.17) is 9.84 Å². The Bertz CT molecular complexity index is 493. The molecule has 0 fully saturated rings. The number of urea groups is 1. The zero-order valence-electron chi connectivity index (χ0n) is 12.5. The van der Waals surface area contributed by atoms with E-state index in [0.29, 0.717) is 12.5 Å². The van der Waals surface area contributed by atoms with Gasteiger partial charge in [-0.25, -0.2) is 9.78 Å². The molecular formula is C14H21N3O4. The summed E-state index contributed by atoms with van der Waals surface area (Å²) in [5.41, 5.74) is 0.771. The van der Waals surface area contributed by atoms with E-state index in [1.54, 1.807) is 26.2 Å². The van der Waals surface area contributed by atoms with Crippen molar-refractivity contribution < 1.29 is 19.4 Å². The highest BCUT2D eigenvalue weighted by molar-refractivity contribution is 5.75. The van der Waals surface area contributed by atoms with Crippen molar-refractivity contribution in [3.8, 4) is 5.88 Å². The normalized spacial score (nSPS) is 11.6. The summed E-state index contributed by atoms with van der Waals surface area (Å²) in [6.45, 7) is 4.33. The minimum absolute atomic E-state index is 0.145. The van der Waals surface area contributed by atoms with Crippen LogP contribution in [0.3, 0.4) is 0 Å². The number of carboxylic acid groups (broad SMARTS) is 1. The number of amides is 2. The smallest absolute Gasteiger partial charge is 0.317 e. The molecule has 1 atom stereocenters. The number of carbonyl (C=O) groups excluding carboxylic acids is 1. The molecule has 2 amide bonds. The summed E-state index contributed by atoms with van der Waals surface area (Å²) >= 11 is 0. The van der Waals surface area contributed by atoms with E-state index in [1.807, 2.05) is 13.0 Å². The Labute approximate surface area is 123 Å². The van der Waals surface area contributed by atoms with E-state index in [-0.39, 0.29) is 19.1 Å². The molecule has 0 aromatic carbocycles. The summed E-state index contributed by atoms with van der Waals surface area (Å²) in [6.07, 6.45) is 1.62. The maximum atomic E-state index is 11.9. The highest BCUT2D eigenvalue weighted by Crippen LogP contribution is 2.13. The first-order valence-corrected chi connectivity index (χ1v) is 6.74. The highest BCUT2D eigenvalue weighted by Gasteiger charge is 2.17. The van der Waals surface area contributed by atoms with Crippen LogP contribution < -0.4 is 10.1 Å². The van der Waals surface area contributed by atoms with Crippen molar-refractivity contribution in [1.29, 1.82) is 0 Å². The molecule has 1 rings (SSSR count). The van der Waals surface area contributed by atoms with Crippen molar-refractivity contribution in [2.45, 2.75) is 20.4 Å². The lowest BCUT2D eigenvalue weighted by molar-refractivity contribution is -0.141. The molecule has 1 aromatic heterocycles. The number of aromatic nitrogens is 1. The highest BCUT2D eigenvalue weighted by atomic mass is 16.5. The summed E-state index contributed by atoms with van der Waals surface area (Å²) in [4.78, 5) is 28.1. The largest absolute Gasteiger partial charge is 0.481 e. The van der Waals surface area contributed by atoms with Crippen molar-refractivity contribution in [3.05, 3.63) is 23.9 Å². The van der Waals surface area contributed by atoms with Gasteiger partial charge < -0.3 is 20.1 Å². The molecule has 2 N–H and O–H groups in total. The van der Waals surface area contributed by atoms with E-state index >= 15 is 0 Å². The van der Waals surface area contributed by atoms with Crippen LogP contribution >= 0.6 is 0 Å². The Morgan fingerprint density at radius 2 is 2.24 bits per heavy atom. The van der Waals surface area contributed by atoms with Crippen LogP contribution in [0.25, 0.3) is 0 Å². The van der Waals surface area contributed by atoms with Gasteiger partial charge in [-0.2, -0.15) is 0 Å². The lowest BCUT2D eigenvalue weighted by atomic mass is 10.2. The number of nitrogens with zero attached hydrogens (tertiary/aromatic N) is 2. The zero-order valence-corrected chi connectivity index (χ0v) is 12.5. The Hall–Kier alpha value is -2.31. The second-order valence-electron chi connectivity index (χ2n) is 4.68. The number of hydrogen-bond donors (Lipinski definition) is 2. The van der Waals surface area contributed by atoms with Crippen LogP contribution in [0, 0.1) is 5.92 Å². The average Bonchev–Trinajstić information content (AvgIpc) is 2.46. The number of carbonyl (C=O) groups is 2. The van der Waals surface area contributed by atoms with E-state index in [0.717, 1.165) is 5.56 Å². The molecule has 0 saturated carbocycles. The first-order chi connectivity index (χ1) is 9.95. The minimum Gasteiger partial charge on any atom is -0.481 e. The minimum atomic E-state index is -0.930. The predicted octanol–water partition coefficient (Wildman–Crippen LogP) is 1.34. The van der Waals surface area contributed by atoms with Gasteiger partial charge in [-0.3, -0.25) is 4.79 Å². The lowest BCUT2D eigenvalue weighted by Crippen LogP contribution is -2.40. The molecule has 0 saturated heterocycles. The predicted molar refractivity (Wildman–Crippen MR) is 77.1 cm³/mol.